The average molecular weight is 282 g/mol. The Morgan fingerprint density at radius 2 is 2.24 bits per heavy atom. The number of amides is 1. The molecule has 2 fully saturated rings. The molecule has 2 bridgehead atoms. The Morgan fingerprint density at radius 1 is 1.33 bits per heavy atom. The molecule has 1 aromatic carbocycles. The molecule has 1 amide bonds. The molecule has 3 rings (SSSR count). The SMILES string of the molecule is NCC#Cc1cccc(NC(=O)CC2CC3CCC2C3)c1. The second-order valence-electron chi connectivity index (χ2n) is 6.27. The van der Waals surface area contributed by atoms with Crippen LogP contribution in [0.1, 0.15) is 37.7 Å². The number of carbonyl (C=O) groups is 1. The predicted octanol–water partition coefficient (Wildman–Crippen LogP) is 2.76. The molecular weight excluding hydrogens is 260 g/mol. The van der Waals surface area contributed by atoms with Crippen molar-refractivity contribution in [1.82, 2.24) is 0 Å². The largest absolute Gasteiger partial charge is 0.326 e. The summed E-state index contributed by atoms with van der Waals surface area (Å²) < 4.78 is 0. The van der Waals surface area contributed by atoms with Crippen LogP contribution in [-0.4, -0.2) is 12.5 Å². The van der Waals surface area contributed by atoms with Crippen LogP contribution in [0.15, 0.2) is 24.3 Å². The van der Waals surface area contributed by atoms with Gasteiger partial charge in [-0.25, -0.2) is 0 Å². The summed E-state index contributed by atoms with van der Waals surface area (Å²) >= 11 is 0. The molecule has 3 heteroatoms. The minimum absolute atomic E-state index is 0.136. The van der Waals surface area contributed by atoms with Crippen LogP contribution in [0, 0.1) is 29.6 Å². The Morgan fingerprint density at radius 3 is 2.95 bits per heavy atom. The molecule has 2 aliphatic carbocycles. The van der Waals surface area contributed by atoms with E-state index in [1.165, 1.54) is 25.7 Å². The Hall–Kier alpha value is -1.79. The predicted molar refractivity (Wildman–Crippen MR) is 84.6 cm³/mol. The molecule has 0 aromatic heterocycles. The first-order chi connectivity index (χ1) is 10.2. The molecule has 1 aromatic rings. The lowest BCUT2D eigenvalue weighted by Crippen LogP contribution is -2.20. The molecule has 2 saturated carbocycles. The molecule has 110 valence electrons. The second kappa shape index (κ2) is 6.32. The van der Waals surface area contributed by atoms with Gasteiger partial charge in [-0.3, -0.25) is 4.79 Å². The number of carbonyl (C=O) groups excluding carboxylic acids is 1. The lowest BCUT2D eigenvalue weighted by atomic mass is 9.86. The van der Waals surface area contributed by atoms with Crippen molar-refractivity contribution in [3.05, 3.63) is 29.8 Å². The van der Waals surface area contributed by atoms with Crippen LogP contribution in [0.25, 0.3) is 0 Å². The van der Waals surface area contributed by atoms with Crippen molar-refractivity contribution in [2.75, 3.05) is 11.9 Å². The maximum absolute atomic E-state index is 12.2. The van der Waals surface area contributed by atoms with Crippen molar-refractivity contribution in [3.63, 3.8) is 0 Å². The molecule has 3 atom stereocenters. The van der Waals surface area contributed by atoms with Gasteiger partial charge in [-0.15, -0.1) is 0 Å². The first kappa shape index (κ1) is 14.2. The molecule has 0 heterocycles. The van der Waals surface area contributed by atoms with Gasteiger partial charge in [0, 0.05) is 17.7 Å². The summed E-state index contributed by atoms with van der Waals surface area (Å²) in [6.45, 7) is 0.348. The molecule has 3 N–H and O–H groups in total. The highest BCUT2D eigenvalue weighted by Crippen LogP contribution is 2.49. The number of benzene rings is 1. The van der Waals surface area contributed by atoms with Crippen molar-refractivity contribution in [2.45, 2.75) is 32.1 Å². The zero-order valence-corrected chi connectivity index (χ0v) is 12.3. The summed E-state index contributed by atoms with van der Waals surface area (Å²) in [4.78, 5) is 12.2. The zero-order chi connectivity index (χ0) is 14.7. The van der Waals surface area contributed by atoms with Crippen LogP contribution in [0.5, 0.6) is 0 Å². The quantitative estimate of drug-likeness (QED) is 0.838. The number of hydrogen-bond donors (Lipinski definition) is 2. The van der Waals surface area contributed by atoms with Gasteiger partial charge in [0.25, 0.3) is 0 Å². The van der Waals surface area contributed by atoms with Gasteiger partial charge in [-0.2, -0.15) is 0 Å². The van der Waals surface area contributed by atoms with Gasteiger partial charge in [-0.1, -0.05) is 24.3 Å². The van der Waals surface area contributed by atoms with Gasteiger partial charge in [0.2, 0.25) is 5.91 Å². The van der Waals surface area contributed by atoms with Crippen molar-refractivity contribution in [1.29, 1.82) is 0 Å². The number of anilines is 1. The smallest absolute Gasteiger partial charge is 0.224 e. The van der Waals surface area contributed by atoms with E-state index in [0.29, 0.717) is 18.9 Å². The Kier molecular flexibility index (Phi) is 4.26. The van der Waals surface area contributed by atoms with E-state index in [1.807, 2.05) is 24.3 Å². The number of hydrogen-bond acceptors (Lipinski definition) is 2. The number of fused-ring (bicyclic) bond motifs is 2. The van der Waals surface area contributed by atoms with Crippen molar-refractivity contribution < 1.29 is 4.79 Å². The van der Waals surface area contributed by atoms with E-state index in [-0.39, 0.29) is 5.91 Å². The first-order valence-electron chi connectivity index (χ1n) is 7.83. The van der Waals surface area contributed by atoms with Gasteiger partial charge in [0.1, 0.15) is 0 Å². The van der Waals surface area contributed by atoms with Crippen LogP contribution in [-0.2, 0) is 4.79 Å². The third-order valence-electron chi connectivity index (χ3n) is 4.81. The monoisotopic (exact) mass is 282 g/mol. The van der Waals surface area contributed by atoms with E-state index in [4.69, 9.17) is 5.73 Å². The van der Waals surface area contributed by atoms with Crippen molar-refractivity contribution >= 4 is 11.6 Å². The molecule has 0 radical (unpaired) electrons. The van der Waals surface area contributed by atoms with Gasteiger partial charge in [0.05, 0.1) is 6.54 Å². The van der Waals surface area contributed by atoms with E-state index in [1.54, 1.807) is 0 Å². The lowest BCUT2D eigenvalue weighted by molar-refractivity contribution is -0.117. The highest BCUT2D eigenvalue weighted by molar-refractivity contribution is 5.91. The Labute approximate surface area is 126 Å². The topological polar surface area (TPSA) is 55.1 Å². The van der Waals surface area contributed by atoms with Crippen molar-refractivity contribution in [2.24, 2.45) is 23.5 Å². The summed E-state index contributed by atoms with van der Waals surface area (Å²) in [5.41, 5.74) is 7.09. The fraction of sp³-hybridized carbons (Fsp3) is 0.500. The van der Waals surface area contributed by atoms with Gasteiger partial charge >= 0.3 is 0 Å². The molecular formula is C18H22N2O. The van der Waals surface area contributed by atoms with E-state index < -0.39 is 0 Å². The summed E-state index contributed by atoms with van der Waals surface area (Å²) in [6.07, 6.45) is 5.97. The van der Waals surface area contributed by atoms with Crippen LogP contribution >= 0.6 is 0 Å². The number of rotatable bonds is 3. The molecule has 2 aliphatic rings. The standard InChI is InChI=1S/C18H22N2O/c19-8-2-4-13-3-1-5-17(11-13)20-18(21)12-16-10-14-6-7-15(16)9-14/h1,3,5,11,14-16H,6-10,12,19H2,(H,20,21). The third kappa shape index (κ3) is 3.46. The van der Waals surface area contributed by atoms with Crippen LogP contribution in [0.2, 0.25) is 0 Å². The highest BCUT2D eigenvalue weighted by Gasteiger charge is 2.40. The van der Waals surface area contributed by atoms with E-state index in [9.17, 15) is 4.79 Å². The Bertz CT molecular complexity index is 584. The number of nitrogens with two attached hydrogens (primary N) is 1. The van der Waals surface area contributed by atoms with Crippen molar-refractivity contribution in [3.8, 4) is 11.8 Å². The molecule has 0 aliphatic heterocycles. The molecule has 0 saturated heterocycles. The van der Waals surface area contributed by atoms with E-state index >= 15 is 0 Å². The van der Waals surface area contributed by atoms with E-state index in [0.717, 1.165) is 23.1 Å². The summed E-state index contributed by atoms with van der Waals surface area (Å²) in [5.74, 6) is 8.24. The second-order valence-corrected chi connectivity index (χ2v) is 6.27. The fourth-order valence-electron chi connectivity index (χ4n) is 3.90. The summed E-state index contributed by atoms with van der Waals surface area (Å²) in [5, 5.41) is 3.01. The minimum Gasteiger partial charge on any atom is -0.326 e. The first-order valence-corrected chi connectivity index (χ1v) is 7.83. The van der Waals surface area contributed by atoms with Crippen LogP contribution in [0.3, 0.4) is 0 Å². The number of nitrogens with one attached hydrogen (secondary N) is 1. The van der Waals surface area contributed by atoms with Crippen LogP contribution < -0.4 is 11.1 Å². The normalized spacial score (nSPS) is 26.2. The summed E-state index contributed by atoms with van der Waals surface area (Å²) in [7, 11) is 0. The van der Waals surface area contributed by atoms with Gasteiger partial charge < -0.3 is 11.1 Å². The van der Waals surface area contributed by atoms with Crippen LogP contribution in [0.4, 0.5) is 5.69 Å². The lowest BCUT2D eigenvalue weighted by Gasteiger charge is -2.20. The third-order valence-corrected chi connectivity index (χ3v) is 4.81. The highest BCUT2D eigenvalue weighted by atomic mass is 16.1. The zero-order valence-electron chi connectivity index (χ0n) is 12.3. The minimum atomic E-state index is 0.136. The Balaban J connectivity index is 1.57. The maximum atomic E-state index is 12.2. The van der Waals surface area contributed by atoms with Gasteiger partial charge in [-0.05, 0) is 55.2 Å². The average Bonchev–Trinajstić information content (AvgIpc) is 3.08. The maximum Gasteiger partial charge on any atom is 0.224 e. The molecule has 21 heavy (non-hydrogen) atoms. The van der Waals surface area contributed by atoms with E-state index in [2.05, 4.69) is 17.2 Å². The fourth-order valence-corrected chi connectivity index (χ4v) is 3.90. The van der Waals surface area contributed by atoms with Gasteiger partial charge in [0.15, 0.2) is 0 Å². The molecule has 3 unspecified atom stereocenters. The summed E-state index contributed by atoms with van der Waals surface area (Å²) in [6, 6.07) is 7.65. The molecule has 3 nitrogen and oxygen atoms in total. The molecule has 0 spiro atoms.